The number of anilines is 1. The molecule has 104 valence electrons. The molecule has 0 atom stereocenters. The zero-order valence-corrected chi connectivity index (χ0v) is 11.9. The topological polar surface area (TPSA) is 89.6 Å². The van der Waals surface area contributed by atoms with Gasteiger partial charge in [-0.2, -0.15) is 0 Å². The second-order valence-electron chi connectivity index (χ2n) is 4.94. The minimum absolute atomic E-state index is 0.0570. The number of esters is 1. The summed E-state index contributed by atoms with van der Waals surface area (Å²) in [6.07, 6.45) is 0. The number of benzene rings is 1. The van der Waals surface area contributed by atoms with E-state index in [0.29, 0.717) is 10.6 Å². The molecule has 0 aromatic heterocycles. The lowest BCUT2D eigenvalue weighted by Crippen LogP contribution is -2.24. The summed E-state index contributed by atoms with van der Waals surface area (Å²) in [6, 6.07) is 4.57. The Kier molecular flexibility index (Phi) is 4.83. The zero-order chi connectivity index (χ0) is 14.6. The van der Waals surface area contributed by atoms with Gasteiger partial charge in [0, 0.05) is 10.6 Å². The maximum absolute atomic E-state index is 11.6. The molecule has 1 aromatic rings. The lowest BCUT2D eigenvalue weighted by Gasteiger charge is -2.19. The van der Waals surface area contributed by atoms with Gasteiger partial charge in [-0.15, -0.1) is 11.8 Å². The van der Waals surface area contributed by atoms with Crippen molar-refractivity contribution in [2.75, 3.05) is 11.5 Å². The number of carboxylic acid groups (broad SMARTS) is 1. The number of thioether (sulfide) groups is 1. The Hall–Kier alpha value is -1.69. The first-order valence-corrected chi connectivity index (χ1v) is 6.65. The molecule has 0 saturated carbocycles. The smallest absolute Gasteiger partial charge is 0.336 e. The molecule has 0 unspecified atom stereocenters. The fourth-order valence-corrected chi connectivity index (χ4v) is 2.15. The van der Waals surface area contributed by atoms with Crippen molar-refractivity contribution in [3.63, 3.8) is 0 Å². The van der Waals surface area contributed by atoms with Gasteiger partial charge in [0.05, 0.1) is 11.3 Å². The maximum atomic E-state index is 11.6. The first-order chi connectivity index (χ1) is 8.69. The number of carboxylic acids is 1. The van der Waals surface area contributed by atoms with E-state index in [2.05, 4.69) is 0 Å². The van der Waals surface area contributed by atoms with E-state index in [4.69, 9.17) is 15.6 Å². The molecule has 5 nitrogen and oxygen atoms in total. The highest BCUT2D eigenvalue weighted by molar-refractivity contribution is 8.00. The van der Waals surface area contributed by atoms with Gasteiger partial charge in [-0.1, -0.05) is 0 Å². The number of carbonyl (C=O) groups excluding carboxylic acids is 1. The summed E-state index contributed by atoms with van der Waals surface area (Å²) in [6.45, 7) is 5.34. The van der Waals surface area contributed by atoms with E-state index in [-0.39, 0.29) is 17.3 Å². The van der Waals surface area contributed by atoms with Gasteiger partial charge >= 0.3 is 11.9 Å². The number of ether oxygens (including phenoxy) is 1. The Morgan fingerprint density at radius 3 is 2.53 bits per heavy atom. The second-order valence-corrected chi connectivity index (χ2v) is 5.95. The lowest BCUT2D eigenvalue weighted by atomic mass is 10.2. The van der Waals surface area contributed by atoms with Crippen molar-refractivity contribution in [1.29, 1.82) is 0 Å². The number of nitrogen functional groups attached to an aromatic ring is 1. The molecule has 0 radical (unpaired) electrons. The number of nitrogens with two attached hydrogens (primary N) is 1. The van der Waals surface area contributed by atoms with E-state index in [1.54, 1.807) is 32.9 Å². The fourth-order valence-electron chi connectivity index (χ4n) is 1.35. The SMILES string of the molecule is CC(C)(C)OC(=O)CSc1ccc(N)cc1C(=O)O. The van der Waals surface area contributed by atoms with Crippen LogP contribution in [0.4, 0.5) is 5.69 Å². The Bertz CT molecular complexity index is 494. The van der Waals surface area contributed by atoms with Gasteiger partial charge in [0.25, 0.3) is 0 Å². The minimum Gasteiger partial charge on any atom is -0.478 e. The van der Waals surface area contributed by atoms with Crippen molar-refractivity contribution in [2.24, 2.45) is 0 Å². The lowest BCUT2D eigenvalue weighted by molar-refractivity contribution is -0.151. The fraction of sp³-hybridized carbons (Fsp3) is 0.385. The molecule has 0 heterocycles. The van der Waals surface area contributed by atoms with Gasteiger partial charge in [0.15, 0.2) is 0 Å². The van der Waals surface area contributed by atoms with E-state index in [1.165, 1.54) is 6.07 Å². The number of hydrogen-bond donors (Lipinski definition) is 2. The number of hydrogen-bond acceptors (Lipinski definition) is 5. The van der Waals surface area contributed by atoms with Gasteiger partial charge in [-0.25, -0.2) is 4.79 Å². The molecular formula is C13H17NO4S. The Balaban J connectivity index is 2.73. The molecule has 1 aromatic carbocycles. The average molecular weight is 283 g/mol. The molecule has 1 rings (SSSR count). The summed E-state index contributed by atoms with van der Waals surface area (Å²) in [4.78, 5) is 23.1. The zero-order valence-electron chi connectivity index (χ0n) is 11.1. The maximum Gasteiger partial charge on any atom is 0.336 e. The predicted octanol–water partition coefficient (Wildman–Crippen LogP) is 2.40. The van der Waals surface area contributed by atoms with Crippen LogP contribution in [0.2, 0.25) is 0 Å². The Morgan fingerprint density at radius 2 is 2.00 bits per heavy atom. The van der Waals surface area contributed by atoms with Gasteiger partial charge in [0.1, 0.15) is 5.60 Å². The van der Waals surface area contributed by atoms with Crippen LogP contribution >= 0.6 is 11.8 Å². The van der Waals surface area contributed by atoms with Crippen LogP contribution < -0.4 is 5.73 Å². The summed E-state index contributed by atoms with van der Waals surface area (Å²) < 4.78 is 5.15. The summed E-state index contributed by atoms with van der Waals surface area (Å²) in [5.41, 5.74) is 5.46. The summed E-state index contributed by atoms with van der Waals surface area (Å²) in [5.74, 6) is -1.40. The molecule has 0 aliphatic heterocycles. The van der Waals surface area contributed by atoms with Crippen LogP contribution in [0.15, 0.2) is 23.1 Å². The molecule has 19 heavy (non-hydrogen) atoms. The monoisotopic (exact) mass is 283 g/mol. The third-order valence-corrected chi connectivity index (χ3v) is 3.05. The van der Waals surface area contributed by atoms with Crippen LogP contribution in [0.25, 0.3) is 0 Å². The molecule has 0 saturated heterocycles. The summed E-state index contributed by atoms with van der Waals surface area (Å²) in [7, 11) is 0. The molecule has 0 bridgehead atoms. The average Bonchev–Trinajstić information content (AvgIpc) is 2.24. The minimum atomic E-state index is -1.07. The molecule has 0 aliphatic carbocycles. The van der Waals surface area contributed by atoms with Gasteiger partial charge in [-0.3, -0.25) is 4.79 Å². The number of rotatable bonds is 4. The molecule has 3 N–H and O–H groups in total. The highest BCUT2D eigenvalue weighted by Gasteiger charge is 2.18. The second kappa shape index (κ2) is 5.97. The van der Waals surface area contributed by atoms with Crippen molar-refractivity contribution >= 4 is 29.4 Å². The van der Waals surface area contributed by atoms with Crippen molar-refractivity contribution < 1.29 is 19.4 Å². The van der Waals surface area contributed by atoms with Crippen molar-refractivity contribution in [3.05, 3.63) is 23.8 Å². The summed E-state index contributed by atoms with van der Waals surface area (Å²) >= 11 is 1.12. The molecule has 0 amide bonds. The number of aromatic carboxylic acids is 1. The van der Waals surface area contributed by atoms with E-state index < -0.39 is 11.6 Å². The first-order valence-electron chi connectivity index (χ1n) is 5.66. The third-order valence-electron chi connectivity index (χ3n) is 2.00. The quantitative estimate of drug-likeness (QED) is 0.501. The number of carbonyl (C=O) groups is 2. The van der Waals surface area contributed by atoms with E-state index in [9.17, 15) is 9.59 Å². The first kappa shape index (κ1) is 15.4. The highest BCUT2D eigenvalue weighted by atomic mass is 32.2. The standard InChI is InChI=1S/C13H17NO4S/c1-13(2,3)18-11(15)7-19-10-5-4-8(14)6-9(10)12(16)17/h4-6H,7,14H2,1-3H3,(H,16,17). The third kappa shape index (κ3) is 5.21. The molecular weight excluding hydrogens is 266 g/mol. The van der Waals surface area contributed by atoms with Crippen molar-refractivity contribution in [2.45, 2.75) is 31.3 Å². The van der Waals surface area contributed by atoms with Crippen molar-refractivity contribution in [1.82, 2.24) is 0 Å². The van der Waals surface area contributed by atoms with Crippen molar-refractivity contribution in [3.8, 4) is 0 Å². The van der Waals surface area contributed by atoms with Crippen LogP contribution in [-0.2, 0) is 9.53 Å². The molecule has 6 heteroatoms. The molecule has 0 fully saturated rings. The van der Waals surface area contributed by atoms with Gasteiger partial charge in [0.2, 0.25) is 0 Å². The Morgan fingerprint density at radius 1 is 1.37 bits per heavy atom. The van der Waals surface area contributed by atoms with Gasteiger partial charge < -0.3 is 15.6 Å². The van der Waals surface area contributed by atoms with Gasteiger partial charge in [-0.05, 0) is 39.0 Å². The summed E-state index contributed by atoms with van der Waals surface area (Å²) in [5, 5.41) is 9.06. The van der Waals surface area contributed by atoms with E-state index in [0.717, 1.165) is 11.8 Å². The van der Waals surface area contributed by atoms with Crippen LogP contribution in [-0.4, -0.2) is 28.4 Å². The Labute approximate surface area is 116 Å². The van der Waals surface area contributed by atoms with Crippen LogP contribution in [0.3, 0.4) is 0 Å². The largest absolute Gasteiger partial charge is 0.478 e. The normalized spacial score (nSPS) is 11.1. The van der Waals surface area contributed by atoms with E-state index in [1.807, 2.05) is 0 Å². The van der Waals surface area contributed by atoms with E-state index >= 15 is 0 Å². The van der Waals surface area contributed by atoms with Crippen LogP contribution in [0.1, 0.15) is 31.1 Å². The predicted molar refractivity (Wildman–Crippen MR) is 74.4 cm³/mol. The molecule has 0 spiro atoms. The van der Waals surface area contributed by atoms with Crippen LogP contribution in [0, 0.1) is 0 Å². The highest BCUT2D eigenvalue weighted by Crippen LogP contribution is 2.25. The van der Waals surface area contributed by atoms with Crippen LogP contribution in [0.5, 0.6) is 0 Å². The molecule has 0 aliphatic rings.